The maximum Gasteiger partial charge on any atom is 0.337 e. The molecule has 0 bridgehead atoms. The number of anilines is 1. The lowest BCUT2D eigenvalue weighted by molar-refractivity contribution is 0.0698. The van der Waals surface area contributed by atoms with E-state index in [0.29, 0.717) is 17.1 Å². The summed E-state index contributed by atoms with van der Waals surface area (Å²) in [5.74, 6) is -0.843. The van der Waals surface area contributed by atoms with Crippen molar-refractivity contribution in [3.05, 3.63) is 41.4 Å². The molecule has 4 N–H and O–H groups in total. The fourth-order valence-electron chi connectivity index (χ4n) is 1.90. The fraction of sp³-hybridized carbons (Fsp3) is 0. The standard InChI is InChI=1S/C13H10N4O2S/c14-13-15-4-3-8(17-13)9-6-7(12(18)19)11(16-9)10-2-1-5-20-10/h1-6,16H,(H,18,19)(H2,14,15,17). The Balaban J connectivity index is 2.15. The molecule has 0 saturated heterocycles. The van der Waals surface area contributed by atoms with Crippen molar-refractivity contribution in [2.24, 2.45) is 0 Å². The van der Waals surface area contributed by atoms with Gasteiger partial charge in [-0.3, -0.25) is 0 Å². The highest BCUT2D eigenvalue weighted by molar-refractivity contribution is 7.13. The van der Waals surface area contributed by atoms with Gasteiger partial charge in [0.15, 0.2) is 0 Å². The molecule has 0 atom stereocenters. The zero-order valence-corrected chi connectivity index (χ0v) is 11.0. The normalized spacial score (nSPS) is 10.6. The Hall–Kier alpha value is -2.67. The summed E-state index contributed by atoms with van der Waals surface area (Å²) in [5.41, 5.74) is 7.48. The number of nitrogens with two attached hydrogens (primary N) is 1. The van der Waals surface area contributed by atoms with E-state index in [0.717, 1.165) is 4.88 Å². The van der Waals surface area contributed by atoms with Gasteiger partial charge in [-0.1, -0.05) is 6.07 Å². The Morgan fingerprint density at radius 2 is 2.25 bits per heavy atom. The zero-order valence-electron chi connectivity index (χ0n) is 10.2. The van der Waals surface area contributed by atoms with Crippen molar-refractivity contribution < 1.29 is 9.90 Å². The highest BCUT2D eigenvalue weighted by atomic mass is 32.1. The topological polar surface area (TPSA) is 105 Å². The van der Waals surface area contributed by atoms with Gasteiger partial charge in [0, 0.05) is 6.20 Å². The molecule has 0 spiro atoms. The van der Waals surface area contributed by atoms with Gasteiger partial charge < -0.3 is 15.8 Å². The molecule has 7 heteroatoms. The number of hydrogen-bond donors (Lipinski definition) is 3. The quantitative estimate of drug-likeness (QED) is 0.686. The SMILES string of the molecule is Nc1nccc(-c2cc(C(=O)O)c(-c3cccs3)[nH]2)n1. The molecule has 0 aromatic carbocycles. The third-order valence-corrected chi connectivity index (χ3v) is 3.65. The van der Waals surface area contributed by atoms with E-state index < -0.39 is 5.97 Å². The van der Waals surface area contributed by atoms with Crippen LogP contribution in [-0.4, -0.2) is 26.0 Å². The number of carbonyl (C=O) groups is 1. The number of hydrogen-bond acceptors (Lipinski definition) is 5. The first kappa shape index (κ1) is 12.4. The summed E-state index contributed by atoms with van der Waals surface area (Å²) in [6.45, 7) is 0. The number of carboxylic acid groups (broad SMARTS) is 1. The Kier molecular flexibility index (Phi) is 2.96. The molecule has 100 valence electrons. The van der Waals surface area contributed by atoms with E-state index in [1.807, 2.05) is 17.5 Å². The van der Waals surface area contributed by atoms with Gasteiger partial charge in [0.1, 0.15) is 0 Å². The first-order chi connectivity index (χ1) is 9.65. The third-order valence-electron chi connectivity index (χ3n) is 2.77. The average molecular weight is 286 g/mol. The maximum absolute atomic E-state index is 11.4. The number of nitrogens with zero attached hydrogens (tertiary/aromatic N) is 2. The second-order valence-corrected chi connectivity index (χ2v) is 5.00. The molecule has 0 saturated carbocycles. The molecule has 0 fully saturated rings. The molecular formula is C13H10N4O2S. The lowest BCUT2D eigenvalue weighted by Crippen LogP contribution is -1.95. The molecule has 0 aliphatic rings. The molecule has 6 nitrogen and oxygen atoms in total. The first-order valence-corrected chi connectivity index (χ1v) is 6.62. The smallest absolute Gasteiger partial charge is 0.337 e. The van der Waals surface area contributed by atoms with Crippen molar-refractivity contribution in [2.45, 2.75) is 0 Å². The van der Waals surface area contributed by atoms with Gasteiger partial charge in [0.05, 0.1) is 27.5 Å². The largest absolute Gasteiger partial charge is 0.478 e. The molecule has 0 amide bonds. The van der Waals surface area contributed by atoms with Crippen LogP contribution in [0.1, 0.15) is 10.4 Å². The van der Waals surface area contributed by atoms with Gasteiger partial charge in [-0.15, -0.1) is 11.3 Å². The predicted octanol–water partition coefficient (Wildman–Crippen LogP) is 2.48. The predicted molar refractivity (Wildman–Crippen MR) is 76.5 cm³/mol. The number of aromatic nitrogens is 3. The lowest BCUT2D eigenvalue weighted by atomic mass is 10.2. The monoisotopic (exact) mass is 286 g/mol. The Morgan fingerprint density at radius 3 is 2.90 bits per heavy atom. The summed E-state index contributed by atoms with van der Waals surface area (Å²) in [4.78, 5) is 23.2. The van der Waals surface area contributed by atoms with Crippen LogP contribution < -0.4 is 5.73 Å². The van der Waals surface area contributed by atoms with Crippen LogP contribution in [0, 0.1) is 0 Å². The lowest BCUT2D eigenvalue weighted by Gasteiger charge is -1.98. The van der Waals surface area contributed by atoms with E-state index in [4.69, 9.17) is 5.73 Å². The van der Waals surface area contributed by atoms with Gasteiger partial charge in [-0.25, -0.2) is 14.8 Å². The molecule has 0 unspecified atom stereocenters. The van der Waals surface area contributed by atoms with Crippen molar-refractivity contribution >= 4 is 23.3 Å². The van der Waals surface area contributed by atoms with Crippen LogP contribution in [-0.2, 0) is 0 Å². The summed E-state index contributed by atoms with van der Waals surface area (Å²) >= 11 is 1.47. The van der Waals surface area contributed by atoms with Crippen molar-refractivity contribution in [1.29, 1.82) is 0 Å². The number of H-pyrrole nitrogens is 1. The number of aromatic amines is 1. The van der Waals surface area contributed by atoms with Crippen LogP contribution >= 0.6 is 11.3 Å². The average Bonchev–Trinajstić information content (AvgIpc) is 3.08. The van der Waals surface area contributed by atoms with Crippen molar-refractivity contribution in [3.8, 4) is 22.0 Å². The fourth-order valence-corrected chi connectivity index (χ4v) is 2.64. The summed E-state index contributed by atoms with van der Waals surface area (Å²) in [6, 6.07) is 6.96. The molecule has 0 aliphatic carbocycles. The van der Waals surface area contributed by atoms with E-state index in [1.165, 1.54) is 17.5 Å². The molecule has 3 rings (SSSR count). The summed E-state index contributed by atoms with van der Waals surface area (Å²) in [7, 11) is 0. The highest BCUT2D eigenvalue weighted by Crippen LogP contribution is 2.31. The minimum Gasteiger partial charge on any atom is -0.478 e. The Morgan fingerprint density at radius 1 is 1.40 bits per heavy atom. The van der Waals surface area contributed by atoms with E-state index in [1.54, 1.807) is 12.1 Å². The van der Waals surface area contributed by atoms with Gasteiger partial charge >= 0.3 is 5.97 Å². The van der Waals surface area contributed by atoms with Gasteiger partial charge in [0.25, 0.3) is 0 Å². The minimum atomic E-state index is -0.988. The van der Waals surface area contributed by atoms with Crippen LogP contribution in [0.15, 0.2) is 35.8 Å². The van der Waals surface area contributed by atoms with Crippen LogP contribution in [0.5, 0.6) is 0 Å². The zero-order chi connectivity index (χ0) is 14.1. The summed E-state index contributed by atoms with van der Waals surface area (Å²) in [5, 5.41) is 11.2. The number of nitrogen functional groups attached to an aromatic ring is 1. The maximum atomic E-state index is 11.4. The molecule has 0 aliphatic heterocycles. The third kappa shape index (κ3) is 2.14. The van der Waals surface area contributed by atoms with Crippen LogP contribution in [0.3, 0.4) is 0 Å². The second kappa shape index (κ2) is 4.78. The molecule has 20 heavy (non-hydrogen) atoms. The van der Waals surface area contributed by atoms with Crippen LogP contribution in [0.25, 0.3) is 22.0 Å². The van der Waals surface area contributed by atoms with Crippen molar-refractivity contribution in [1.82, 2.24) is 15.0 Å². The first-order valence-electron chi connectivity index (χ1n) is 5.74. The van der Waals surface area contributed by atoms with Crippen molar-refractivity contribution in [3.63, 3.8) is 0 Å². The van der Waals surface area contributed by atoms with E-state index >= 15 is 0 Å². The van der Waals surface area contributed by atoms with Gasteiger partial charge in [-0.05, 0) is 23.6 Å². The van der Waals surface area contributed by atoms with E-state index in [2.05, 4.69) is 15.0 Å². The molecule has 3 aromatic heterocycles. The van der Waals surface area contributed by atoms with Gasteiger partial charge in [-0.2, -0.15) is 0 Å². The van der Waals surface area contributed by atoms with Gasteiger partial charge in [0.2, 0.25) is 5.95 Å². The molecule has 3 heterocycles. The van der Waals surface area contributed by atoms with E-state index in [-0.39, 0.29) is 11.5 Å². The minimum absolute atomic E-state index is 0.145. The molecule has 0 radical (unpaired) electrons. The molecule has 3 aromatic rings. The Labute approximate surface area is 117 Å². The summed E-state index contributed by atoms with van der Waals surface area (Å²) < 4.78 is 0. The summed E-state index contributed by atoms with van der Waals surface area (Å²) in [6.07, 6.45) is 1.53. The molecular weight excluding hydrogens is 276 g/mol. The number of thiophene rings is 1. The van der Waals surface area contributed by atoms with Crippen molar-refractivity contribution in [2.75, 3.05) is 5.73 Å². The number of aromatic carboxylic acids is 1. The van der Waals surface area contributed by atoms with E-state index in [9.17, 15) is 9.90 Å². The van der Waals surface area contributed by atoms with Crippen LogP contribution in [0.4, 0.5) is 5.95 Å². The highest BCUT2D eigenvalue weighted by Gasteiger charge is 2.18. The van der Waals surface area contributed by atoms with Crippen LogP contribution in [0.2, 0.25) is 0 Å². The number of rotatable bonds is 3. The number of carboxylic acids is 1. The second-order valence-electron chi connectivity index (χ2n) is 4.05. The Bertz CT molecular complexity index is 765. The number of nitrogens with one attached hydrogen (secondary N) is 1.